The van der Waals surface area contributed by atoms with E-state index in [2.05, 4.69) is 15.9 Å². The molecular formula is C21H32N2O3. The quantitative estimate of drug-likeness (QED) is 0.779. The van der Waals surface area contributed by atoms with Gasteiger partial charge in [-0.25, -0.2) is 0 Å². The van der Waals surface area contributed by atoms with Gasteiger partial charge in [0.05, 0.1) is 21.3 Å². The molecule has 2 aliphatic carbocycles. The molecule has 3 atom stereocenters. The Morgan fingerprint density at radius 1 is 0.885 bits per heavy atom. The highest BCUT2D eigenvalue weighted by Crippen LogP contribution is 2.47. The van der Waals surface area contributed by atoms with Crippen LogP contribution in [0.5, 0.6) is 17.2 Å². The van der Waals surface area contributed by atoms with Crippen molar-refractivity contribution in [2.24, 2.45) is 11.8 Å². The van der Waals surface area contributed by atoms with Gasteiger partial charge in [-0.15, -0.1) is 0 Å². The molecule has 0 amide bonds. The smallest absolute Gasteiger partial charge is 0.203 e. The second-order valence-corrected chi connectivity index (χ2v) is 8.05. The molecule has 0 aromatic heterocycles. The zero-order valence-electron chi connectivity index (χ0n) is 16.4. The second kappa shape index (κ2) is 7.65. The van der Waals surface area contributed by atoms with Gasteiger partial charge in [0.1, 0.15) is 0 Å². The highest BCUT2D eigenvalue weighted by atomic mass is 16.5. The number of fused-ring (bicyclic) bond motifs is 2. The van der Waals surface area contributed by atoms with E-state index in [1.165, 1.54) is 44.3 Å². The zero-order valence-corrected chi connectivity index (χ0v) is 16.4. The van der Waals surface area contributed by atoms with Crippen molar-refractivity contribution in [2.45, 2.75) is 38.3 Å². The molecule has 1 aromatic carbocycles. The van der Waals surface area contributed by atoms with E-state index in [1.54, 1.807) is 21.3 Å². The van der Waals surface area contributed by atoms with Gasteiger partial charge in [-0.2, -0.15) is 0 Å². The van der Waals surface area contributed by atoms with Crippen molar-refractivity contribution < 1.29 is 14.2 Å². The van der Waals surface area contributed by atoms with Gasteiger partial charge in [0.15, 0.2) is 11.5 Å². The van der Waals surface area contributed by atoms with E-state index in [4.69, 9.17) is 14.2 Å². The molecule has 4 rings (SSSR count). The van der Waals surface area contributed by atoms with E-state index in [-0.39, 0.29) is 0 Å². The maximum Gasteiger partial charge on any atom is 0.203 e. The number of methoxy groups -OCH3 is 3. The lowest BCUT2D eigenvalue weighted by Crippen LogP contribution is -2.51. The van der Waals surface area contributed by atoms with Crippen LogP contribution in [0.25, 0.3) is 0 Å². The van der Waals surface area contributed by atoms with Crippen LogP contribution in [0.3, 0.4) is 0 Å². The van der Waals surface area contributed by atoms with Gasteiger partial charge in [0, 0.05) is 44.3 Å². The summed E-state index contributed by atoms with van der Waals surface area (Å²) in [5.74, 6) is 4.21. The maximum atomic E-state index is 5.65. The van der Waals surface area contributed by atoms with E-state index < -0.39 is 0 Å². The lowest BCUT2D eigenvalue weighted by molar-refractivity contribution is 0.0675. The Balaban J connectivity index is 1.38. The van der Waals surface area contributed by atoms with E-state index in [0.29, 0.717) is 11.5 Å². The van der Waals surface area contributed by atoms with Crippen LogP contribution in [0.4, 0.5) is 0 Å². The second-order valence-electron chi connectivity index (χ2n) is 8.05. The molecule has 26 heavy (non-hydrogen) atoms. The monoisotopic (exact) mass is 360 g/mol. The zero-order chi connectivity index (χ0) is 18.1. The van der Waals surface area contributed by atoms with Crippen LogP contribution < -0.4 is 14.2 Å². The predicted molar refractivity (Wildman–Crippen MR) is 102 cm³/mol. The Hall–Kier alpha value is -1.46. The average molecular weight is 360 g/mol. The van der Waals surface area contributed by atoms with Gasteiger partial charge in [-0.05, 0) is 37.2 Å². The molecule has 0 N–H and O–H groups in total. The first-order chi connectivity index (χ1) is 12.7. The minimum Gasteiger partial charge on any atom is -0.493 e. The van der Waals surface area contributed by atoms with Crippen molar-refractivity contribution in [1.82, 2.24) is 9.80 Å². The molecule has 3 fully saturated rings. The summed E-state index contributed by atoms with van der Waals surface area (Å²) in [6.07, 6.45) is 5.90. The first kappa shape index (κ1) is 17.9. The van der Waals surface area contributed by atoms with Crippen LogP contribution in [0.1, 0.15) is 31.2 Å². The molecule has 1 heterocycles. The Morgan fingerprint density at radius 3 is 2.23 bits per heavy atom. The number of rotatable bonds is 6. The maximum absolute atomic E-state index is 5.65. The molecule has 0 radical (unpaired) electrons. The van der Waals surface area contributed by atoms with Crippen molar-refractivity contribution in [3.8, 4) is 17.2 Å². The van der Waals surface area contributed by atoms with E-state index >= 15 is 0 Å². The molecule has 1 aromatic rings. The van der Waals surface area contributed by atoms with Crippen molar-refractivity contribution >= 4 is 0 Å². The molecule has 2 bridgehead atoms. The Bertz CT molecular complexity index is 628. The standard InChI is InChI=1S/C21H32N2O3/c1-24-19-7-6-17(20(25-2)21(19)26-3)14-22-8-10-23(11-9-22)18-13-15-4-5-16(18)12-15/h6-7,15-16,18H,4-5,8-14H2,1-3H3/t15-,16+,18+/m0/s1. The normalized spacial score (nSPS) is 29.1. The number of benzene rings is 1. The first-order valence-corrected chi connectivity index (χ1v) is 9.97. The molecule has 0 spiro atoms. The summed E-state index contributed by atoms with van der Waals surface area (Å²) in [4.78, 5) is 5.31. The number of piperazine rings is 1. The fourth-order valence-corrected chi connectivity index (χ4v) is 5.44. The van der Waals surface area contributed by atoms with Gasteiger partial charge in [0.2, 0.25) is 5.75 Å². The largest absolute Gasteiger partial charge is 0.493 e. The first-order valence-electron chi connectivity index (χ1n) is 9.97. The Morgan fingerprint density at radius 2 is 1.65 bits per heavy atom. The van der Waals surface area contributed by atoms with Gasteiger partial charge < -0.3 is 14.2 Å². The number of hydrogen-bond acceptors (Lipinski definition) is 5. The Labute approximate surface area is 157 Å². The van der Waals surface area contributed by atoms with Crippen LogP contribution in [0.2, 0.25) is 0 Å². The predicted octanol–water partition coefficient (Wildman–Crippen LogP) is 3.02. The summed E-state index contributed by atoms with van der Waals surface area (Å²) in [6.45, 7) is 5.55. The summed E-state index contributed by atoms with van der Waals surface area (Å²) in [6, 6.07) is 4.94. The minimum atomic E-state index is 0.688. The summed E-state index contributed by atoms with van der Waals surface area (Å²) in [5.41, 5.74) is 1.17. The van der Waals surface area contributed by atoms with Crippen molar-refractivity contribution in [1.29, 1.82) is 0 Å². The number of hydrogen-bond donors (Lipinski definition) is 0. The van der Waals surface area contributed by atoms with Crippen LogP contribution in [0.15, 0.2) is 12.1 Å². The molecule has 1 aliphatic heterocycles. The molecule has 144 valence electrons. The minimum absolute atomic E-state index is 0.688. The molecule has 0 unspecified atom stereocenters. The van der Waals surface area contributed by atoms with Gasteiger partial charge in [-0.1, -0.05) is 12.5 Å². The van der Waals surface area contributed by atoms with E-state index in [1.807, 2.05) is 6.07 Å². The summed E-state index contributed by atoms with van der Waals surface area (Å²) < 4.78 is 16.6. The third kappa shape index (κ3) is 3.27. The van der Waals surface area contributed by atoms with Crippen molar-refractivity contribution in [3.05, 3.63) is 17.7 Å². The molecule has 3 aliphatic rings. The van der Waals surface area contributed by atoms with Gasteiger partial charge in [0.25, 0.3) is 0 Å². The summed E-state index contributed by atoms with van der Waals surface area (Å²) >= 11 is 0. The topological polar surface area (TPSA) is 34.2 Å². The highest BCUT2D eigenvalue weighted by Gasteiger charge is 2.42. The van der Waals surface area contributed by atoms with E-state index in [9.17, 15) is 0 Å². The molecular weight excluding hydrogens is 328 g/mol. The van der Waals surface area contributed by atoms with Crippen molar-refractivity contribution in [3.63, 3.8) is 0 Å². The fraction of sp³-hybridized carbons (Fsp3) is 0.714. The number of ether oxygens (including phenoxy) is 3. The highest BCUT2D eigenvalue weighted by molar-refractivity contribution is 5.55. The Kier molecular flexibility index (Phi) is 5.28. The number of nitrogens with zero attached hydrogens (tertiary/aromatic N) is 2. The third-order valence-corrected chi connectivity index (χ3v) is 6.76. The van der Waals surface area contributed by atoms with Crippen LogP contribution in [0, 0.1) is 11.8 Å². The SMILES string of the molecule is COc1ccc(CN2CCN([C@@H]3C[C@H]4CC[C@@H]3C4)CC2)c(OC)c1OC. The van der Waals surface area contributed by atoms with Gasteiger partial charge in [-0.3, -0.25) is 9.80 Å². The molecule has 5 heteroatoms. The molecule has 1 saturated heterocycles. The molecule has 5 nitrogen and oxygen atoms in total. The van der Waals surface area contributed by atoms with Crippen LogP contribution in [-0.2, 0) is 6.54 Å². The summed E-state index contributed by atoms with van der Waals surface area (Å²) in [7, 11) is 5.03. The fourth-order valence-electron chi connectivity index (χ4n) is 5.44. The van der Waals surface area contributed by atoms with Crippen LogP contribution in [-0.4, -0.2) is 63.4 Å². The summed E-state index contributed by atoms with van der Waals surface area (Å²) in [5, 5.41) is 0. The van der Waals surface area contributed by atoms with Crippen molar-refractivity contribution in [2.75, 3.05) is 47.5 Å². The van der Waals surface area contributed by atoms with E-state index in [0.717, 1.165) is 43.3 Å². The van der Waals surface area contributed by atoms with Gasteiger partial charge >= 0.3 is 0 Å². The average Bonchev–Trinajstić information content (AvgIpc) is 3.31. The third-order valence-electron chi connectivity index (χ3n) is 6.76. The lowest BCUT2D eigenvalue weighted by Gasteiger charge is -2.41. The van der Waals surface area contributed by atoms with Crippen LogP contribution >= 0.6 is 0 Å². The molecule has 2 saturated carbocycles. The lowest BCUT2D eigenvalue weighted by atomic mass is 9.93.